The minimum absolute atomic E-state index is 0.294. The first kappa shape index (κ1) is 18.7. The van der Waals surface area contributed by atoms with E-state index in [9.17, 15) is 10.1 Å². The van der Waals surface area contributed by atoms with Crippen molar-refractivity contribution in [2.45, 2.75) is 19.3 Å². The van der Waals surface area contributed by atoms with Gasteiger partial charge in [-0.25, -0.2) is 0 Å². The largest absolute Gasteiger partial charge is 0.425 e. The van der Waals surface area contributed by atoms with Crippen LogP contribution in [0.2, 0.25) is 0 Å². The van der Waals surface area contributed by atoms with Crippen LogP contribution in [-0.2, 0) is 16.0 Å². The van der Waals surface area contributed by atoms with E-state index < -0.39 is 5.92 Å². The van der Waals surface area contributed by atoms with E-state index in [2.05, 4.69) is 6.07 Å². The summed E-state index contributed by atoms with van der Waals surface area (Å²) in [7, 11) is 0. The van der Waals surface area contributed by atoms with Crippen LogP contribution in [0, 0.1) is 24.2 Å². The number of hydrogen-bond donors (Lipinski definition) is 0. The maximum absolute atomic E-state index is 13.1. The number of allylic oxidation sites excluding steroid dienone is 1. The lowest BCUT2D eigenvalue weighted by Gasteiger charge is -2.32. The molecule has 0 radical (unpaired) electrons. The van der Waals surface area contributed by atoms with E-state index in [4.69, 9.17) is 4.74 Å². The lowest BCUT2D eigenvalue weighted by molar-refractivity contribution is -0.143. The fourth-order valence-electron chi connectivity index (χ4n) is 3.88. The molecule has 1 aliphatic rings. The van der Waals surface area contributed by atoms with Gasteiger partial charge in [-0.05, 0) is 24.5 Å². The van der Waals surface area contributed by atoms with E-state index in [0.29, 0.717) is 17.8 Å². The van der Waals surface area contributed by atoms with Crippen molar-refractivity contribution in [2.24, 2.45) is 5.92 Å². The third-order valence-electron chi connectivity index (χ3n) is 5.35. The zero-order valence-electron chi connectivity index (χ0n) is 16.2. The van der Waals surface area contributed by atoms with Crippen LogP contribution in [-0.4, -0.2) is 5.97 Å². The molecule has 1 heterocycles. The zero-order valence-corrected chi connectivity index (χ0v) is 16.2. The first-order valence-corrected chi connectivity index (χ1v) is 9.69. The number of cyclic esters (lactones) is 1. The topological polar surface area (TPSA) is 50.1 Å². The van der Waals surface area contributed by atoms with Gasteiger partial charge in [0.2, 0.25) is 0 Å². The van der Waals surface area contributed by atoms with Crippen LogP contribution in [0.25, 0.3) is 5.76 Å². The monoisotopic (exact) mass is 379 g/mol. The number of carbonyl (C=O) groups excluding carboxylic acids is 1. The van der Waals surface area contributed by atoms with Crippen molar-refractivity contribution >= 4 is 11.7 Å². The second-order valence-corrected chi connectivity index (χ2v) is 7.33. The summed E-state index contributed by atoms with van der Waals surface area (Å²) in [6.07, 6.45) is 0.519. The molecule has 29 heavy (non-hydrogen) atoms. The molecule has 1 aliphatic heterocycles. The molecule has 2 atom stereocenters. The SMILES string of the molecule is Cc1ccc([C@H]2C(C#N)=C(c3ccccc3)OC(=O)[C@H]2Cc2ccccc2)cc1. The number of carbonyl (C=O) groups is 1. The van der Waals surface area contributed by atoms with Crippen molar-refractivity contribution in [3.63, 3.8) is 0 Å². The molecule has 4 rings (SSSR count). The van der Waals surface area contributed by atoms with E-state index in [-0.39, 0.29) is 11.9 Å². The van der Waals surface area contributed by atoms with Crippen molar-refractivity contribution in [1.82, 2.24) is 0 Å². The summed E-state index contributed by atoms with van der Waals surface area (Å²) in [6.45, 7) is 2.02. The van der Waals surface area contributed by atoms with Crippen LogP contribution in [0.5, 0.6) is 0 Å². The number of nitrogens with zero attached hydrogens (tertiary/aromatic N) is 1. The molecule has 0 saturated carbocycles. The van der Waals surface area contributed by atoms with Crippen LogP contribution in [0.1, 0.15) is 28.2 Å². The Morgan fingerprint density at radius 1 is 0.897 bits per heavy atom. The van der Waals surface area contributed by atoms with Crippen molar-refractivity contribution in [3.8, 4) is 6.07 Å². The smallest absolute Gasteiger partial charge is 0.315 e. The van der Waals surface area contributed by atoms with Crippen LogP contribution >= 0.6 is 0 Å². The Morgan fingerprint density at radius 3 is 2.14 bits per heavy atom. The molecule has 3 nitrogen and oxygen atoms in total. The second kappa shape index (κ2) is 8.16. The summed E-state index contributed by atoms with van der Waals surface area (Å²) in [6, 6.07) is 29.7. The summed E-state index contributed by atoms with van der Waals surface area (Å²) in [5.74, 6) is -0.732. The normalized spacial score (nSPS) is 18.8. The summed E-state index contributed by atoms with van der Waals surface area (Å²) in [5, 5.41) is 10.1. The lowest BCUT2D eigenvalue weighted by atomic mass is 9.75. The Hall–Kier alpha value is -3.64. The van der Waals surface area contributed by atoms with Crippen LogP contribution in [0.3, 0.4) is 0 Å². The van der Waals surface area contributed by atoms with Crippen molar-refractivity contribution < 1.29 is 9.53 Å². The number of rotatable bonds is 4. The highest BCUT2D eigenvalue weighted by molar-refractivity contribution is 5.87. The average molecular weight is 379 g/mol. The first-order valence-electron chi connectivity index (χ1n) is 9.69. The molecule has 0 N–H and O–H groups in total. The molecule has 0 saturated heterocycles. The van der Waals surface area contributed by atoms with Crippen molar-refractivity contribution in [1.29, 1.82) is 5.26 Å². The third-order valence-corrected chi connectivity index (χ3v) is 5.35. The van der Waals surface area contributed by atoms with Gasteiger partial charge in [0.1, 0.15) is 0 Å². The maximum Gasteiger partial charge on any atom is 0.315 e. The molecular formula is C26H21NO2. The molecule has 3 aromatic rings. The molecule has 142 valence electrons. The minimum Gasteiger partial charge on any atom is -0.425 e. The number of hydrogen-bond acceptors (Lipinski definition) is 3. The molecule has 3 aromatic carbocycles. The molecule has 0 unspecified atom stereocenters. The third kappa shape index (κ3) is 3.83. The number of benzene rings is 3. The van der Waals surface area contributed by atoms with E-state index in [0.717, 1.165) is 22.3 Å². The quantitative estimate of drug-likeness (QED) is 0.568. The van der Waals surface area contributed by atoms with Gasteiger partial charge in [0, 0.05) is 11.5 Å². The molecular weight excluding hydrogens is 358 g/mol. The van der Waals surface area contributed by atoms with Gasteiger partial charge in [-0.3, -0.25) is 4.79 Å². The summed E-state index contributed by atoms with van der Waals surface area (Å²) in [5.41, 5.74) is 4.39. The Balaban J connectivity index is 1.86. The highest BCUT2D eigenvalue weighted by Crippen LogP contribution is 2.43. The van der Waals surface area contributed by atoms with Gasteiger partial charge in [0.15, 0.2) is 5.76 Å². The predicted octanol–water partition coefficient (Wildman–Crippen LogP) is 5.43. The summed E-state index contributed by atoms with van der Waals surface area (Å²) in [4.78, 5) is 13.1. The van der Waals surface area contributed by atoms with E-state index in [1.165, 1.54) is 0 Å². The van der Waals surface area contributed by atoms with Crippen molar-refractivity contribution in [3.05, 3.63) is 113 Å². The van der Waals surface area contributed by atoms with Gasteiger partial charge in [0.25, 0.3) is 0 Å². The standard InChI is InChI=1S/C26H21NO2/c1-18-12-14-20(15-13-18)24-22(16-19-8-4-2-5-9-19)26(28)29-25(23(24)17-27)21-10-6-3-7-11-21/h2-15,22,24H,16H2,1H3/t22-,24+/m0/s1. The van der Waals surface area contributed by atoms with E-state index in [1.54, 1.807) is 0 Å². The Kier molecular flexibility index (Phi) is 5.27. The number of nitriles is 1. The fourth-order valence-corrected chi connectivity index (χ4v) is 3.88. The van der Waals surface area contributed by atoms with E-state index in [1.807, 2.05) is 91.9 Å². The molecule has 0 fully saturated rings. The highest BCUT2D eigenvalue weighted by atomic mass is 16.5. The Labute approximate surface area is 170 Å². The van der Waals surface area contributed by atoms with E-state index >= 15 is 0 Å². The van der Waals surface area contributed by atoms with Gasteiger partial charge < -0.3 is 4.74 Å². The second-order valence-electron chi connectivity index (χ2n) is 7.33. The molecule has 0 amide bonds. The number of ether oxygens (including phenoxy) is 1. The van der Waals surface area contributed by atoms with Gasteiger partial charge in [-0.2, -0.15) is 5.26 Å². The number of esters is 1. The highest BCUT2D eigenvalue weighted by Gasteiger charge is 2.41. The minimum atomic E-state index is -0.456. The molecule has 0 aromatic heterocycles. The predicted molar refractivity (Wildman–Crippen MR) is 113 cm³/mol. The fraction of sp³-hybridized carbons (Fsp3) is 0.154. The molecule has 0 aliphatic carbocycles. The zero-order chi connectivity index (χ0) is 20.2. The molecule has 0 bridgehead atoms. The van der Waals surface area contributed by atoms with Crippen molar-refractivity contribution in [2.75, 3.05) is 0 Å². The average Bonchev–Trinajstić information content (AvgIpc) is 2.77. The summed E-state index contributed by atoms with van der Waals surface area (Å²) < 4.78 is 5.75. The van der Waals surface area contributed by atoms with Gasteiger partial charge >= 0.3 is 5.97 Å². The molecule has 3 heteroatoms. The van der Waals surface area contributed by atoms with Gasteiger partial charge in [-0.1, -0.05) is 90.5 Å². The Bertz CT molecular complexity index is 1080. The lowest BCUT2D eigenvalue weighted by Crippen LogP contribution is -2.32. The molecule has 0 spiro atoms. The van der Waals surface area contributed by atoms with Crippen LogP contribution in [0.15, 0.2) is 90.5 Å². The summed E-state index contributed by atoms with van der Waals surface area (Å²) >= 11 is 0. The maximum atomic E-state index is 13.1. The van der Waals surface area contributed by atoms with Gasteiger partial charge in [0.05, 0.1) is 17.6 Å². The Morgan fingerprint density at radius 2 is 1.52 bits per heavy atom. The van der Waals surface area contributed by atoms with Gasteiger partial charge in [-0.15, -0.1) is 0 Å². The number of aryl methyl sites for hydroxylation is 1. The first-order chi connectivity index (χ1) is 14.2. The van der Waals surface area contributed by atoms with Crippen LogP contribution < -0.4 is 0 Å². The van der Waals surface area contributed by atoms with Crippen LogP contribution in [0.4, 0.5) is 0 Å².